The van der Waals surface area contributed by atoms with Gasteiger partial charge in [-0.25, -0.2) is 4.98 Å². The SMILES string of the molecule is O=C(NCC1(c2cccc(OC(F)(F)F)c2)CCC1)C1CCn2ccnc2C1. The second-order valence-electron chi connectivity index (χ2n) is 7.65. The molecule has 5 nitrogen and oxygen atoms in total. The summed E-state index contributed by atoms with van der Waals surface area (Å²) in [6, 6.07) is 6.12. The number of nitrogens with one attached hydrogen (secondary N) is 1. The fourth-order valence-corrected chi connectivity index (χ4v) is 4.17. The van der Waals surface area contributed by atoms with Crippen molar-refractivity contribution in [3.05, 3.63) is 48.0 Å². The monoisotopic (exact) mass is 393 g/mol. The molecule has 1 aliphatic carbocycles. The first kappa shape index (κ1) is 18.8. The first-order valence-corrected chi connectivity index (χ1v) is 9.49. The van der Waals surface area contributed by atoms with Crippen molar-refractivity contribution in [3.63, 3.8) is 0 Å². The predicted molar refractivity (Wildman–Crippen MR) is 95.7 cm³/mol. The zero-order chi connectivity index (χ0) is 19.8. The van der Waals surface area contributed by atoms with Crippen LogP contribution in [0.3, 0.4) is 0 Å². The van der Waals surface area contributed by atoms with Crippen molar-refractivity contribution in [2.45, 2.75) is 50.4 Å². The van der Waals surface area contributed by atoms with Gasteiger partial charge in [-0.1, -0.05) is 18.6 Å². The normalized spacial score (nSPS) is 20.8. The fraction of sp³-hybridized carbons (Fsp3) is 0.500. The molecule has 0 saturated heterocycles. The van der Waals surface area contributed by atoms with Crippen molar-refractivity contribution < 1.29 is 22.7 Å². The van der Waals surface area contributed by atoms with Crippen LogP contribution < -0.4 is 10.1 Å². The van der Waals surface area contributed by atoms with Crippen LogP contribution in [0.25, 0.3) is 0 Å². The first-order valence-electron chi connectivity index (χ1n) is 9.49. The number of carbonyl (C=O) groups is 1. The number of carbonyl (C=O) groups excluding carboxylic acids is 1. The van der Waals surface area contributed by atoms with Gasteiger partial charge in [0.1, 0.15) is 11.6 Å². The number of imidazole rings is 1. The number of aromatic nitrogens is 2. The summed E-state index contributed by atoms with van der Waals surface area (Å²) in [5.41, 5.74) is 0.452. The number of ether oxygens (including phenoxy) is 1. The lowest BCUT2D eigenvalue weighted by atomic mass is 9.64. The molecule has 1 unspecified atom stereocenters. The molecule has 2 aliphatic rings. The van der Waals surface area contributed by atoms with Gasteiger partial charge in [0.05, 0.1) is 0 Å². The van der Waals surface area contributed by atoms with E-state index in [2.05, 4.69) is 19.6 Å². The average molecular weight is 393 g/mol. The van der Waals surface area contributed by atoms with Crippen molar-refractivity contribution in [3.8, 4) is 5.75 Å². The van der Waals surface area contributed by atoms with Crippen molar-refractivity contribution in [2.75, 3.05) is 6.54 Å². The summed E-state index contributed by atoms with van der Waals surface area (Å²) in [5.74, 6) is 0.568. The molecule has 8 heteroatoms. The molecule has 150 valence electrons. The molecule has 1 atom stereocenters. The molecule has 2 aromatic rings. The van der Waals surface area contributed by atoms with Crippen LogP contribution in [0, 0.1) is 5.92 Å². The van der Waals surface area contributed by atoms with E-state index >= 15 is 0 Å². The van der Waals surface area contributed by atoms with E-state index in [1.165, 1.54) is 12.1 Å². The summed E-state index contributed by atoms with van der Waals surface area (Å²) in [6.45, 7) is 1.20. The number of rotatable bonds is 5. The average Bonchev–Trinajstić information content (AvgIpc) is 3.07. The summed E-state index contributed by atoms with van der Waals surface area (Å²) < 4.78 is 43.7. The molecular formula is C20H22F3N3O2. The van der Waals surface area contributed by atoms with Crippen LogP contribution in [0.4, 0.5) is 13.2 Å². The van der Waals surface area contributed by atoms with E-state index in [1.807, 2.05) is 12.3 Å². The number of aryl methyl sites for hydroxylation is 1. The van der Waals surface area contributed by atoms with Crippen LogP contribution in [0.15, 0.2) is 36.7 Å². The number of halogens is 3. The van der Waals surface area contributed by atoms with Crippen LogP contribution in [0.5, 0.6) is 5.75 Å². The zero-order valence-electron chi connectivity index (χ0n) is 15.3. The molecule has 0 radical (unpaired) electrons. The van der Waals surface area contributed by atoms with E-state index in [0.29, 0.717) is 13.0 Å². The topological polar surface area (TPSA) is 56.1 Å². The summed E-state index contributed by atoms with van der Waals surface area (Å²) in [4.78, 5) is 17.0. The molecule has 1 aliphatic heterocycles. The van der Waals surface area contributed by atoms with Crippen molar-refractivity contribution in [1.82, 2.24) is 14.9 Å². The Balaban J connectivity index is 1.42. The van der Waals surface area contributed by atoms with E-state index in [9.17, 15) is 18.0 Å². The van der Waals surface area contributed by atoms with Gasteiger partial charge in [-0.3, -0.25) is 4.79 Å². The zero-order valence-corrected chi connectivity index (χ0v) is 15.3. The molecule has 1 aromatic heterocycles. The maximum Gasteiger partial charge on any atom is 0.573 e. The summed E-state index contributed by atoms with van der Waals surface area (Å²) in [7, 11) is 0. The van der Waals surface area contributed by atoms with Gasteiger partial charge in [0.15, 0.2) is 0 Å². The van der Waals surface area contributed by atoms with Crippen LogP contribution >= 0.6 is 0 Å². The minimum absolute atomic E-state index is 0.0109. The standard InChI is InChI=1S/C20H22F3N3O2/c21-20(22,23)28-16-4-1-3-15(12-16)19(6-2-7-19)13-25-18(27)14-5-9-26-10-8-24-17(26)11-14/h1,3-4,8,10,12,14H,2,5-7,9,11,13H2,(H,25,27). The Kier molecular flexibility index (Phi) is 4.81. The van der Waals surface area contributed by atoms with Crippen molar-refractivity contribution >= 4 is 5.91 Å². The smallest absolute Gasteiger partial charge is 0.406 e. The minimum atomic E-state index is -4.72. The van der Waals surface area contributed by atoms with Crippen LogP contribution in [-0.4, -0.2) is 28.4 Å². The Hall–Kier alpha value is -2.51. The van der Waals surface area contributed by atoms with Crippen molar-refractivity contribution in [1.29, 1.82) is 0 Å². The van der Waals surface area contributed by atoms with E-state index < -0.39 is 6.36 Å². The Bertz CT molecular complexity index is 858. The molecule has 1 saturated carbocycles. The summed E-state index contributed by atoms with van der Waals surface area (Å²) in [5, 5.41) is 3.05. The minimum Gasteiger partial charge on any atom is -0.406 e. The maximum atomic E-state index is 12.7. The number of amides is 1. The molecule has 1 aromatic carbocycles. The Morgan fingerprint density at radius 3 is 2.89 bits per heavy atom. The number of hydrogen-bond acceptors (Lipinski definition) is 3. The van der Waals surface area contributed by atoms with Gasteiger partial charge in [-0.05, 0) is 37.0 Å². The predicted octanol–water partition coefficient (Wildman–Crippen LogP) is 3.58. The van der Waals surface area contributed by atoms with Crippen LogP contribution in [0.1, 0.15) is 37.1 Å². The number of hydrogen-bond donors (Lipinski definition) is 1. The van der Waals surface area contributed by atoms with Crippen molar-refractivity contribution in [2.24, 2.45) is 5.92 Å². The van der Waals surface area contributed by atoms with Crippen LogP contribution in [-0.2, 0) is 23.2 Å². The van der Waals surface area contributed by atoms with Gasteiger partial charge < -0.3 is 14.6 Å². The second kappa shape index (κ2) is 7.14. The van der Waals surface area contributed by atoms with E-state index in [1.54, 1.807) is 12.3 Å². The Morgan fingerprint density at radius 1 is 1.36 bits per heavy atom. The third kappa shape index (κ3) is 3.86. The lowest BCUT2D eigenvalue weighted by Crippen LogP contribution is -2.47. The maximum absolute atomic E-state index is 12.7. The number of fused-ring (bicyclic) bond motifs is 1. The first-order chi connectivity index (χ1) is 13.3. The molecule has 28 heavy (non-hydrogen) atoms. The van der Waals surface area contributed by atoms with Gasteiger partial charge in [-0.2, -0.15) is 0 Å². The summed E-state index contributed by atoms with van der Waals surface area (Å²) in [6.07, 6.45) is 2.97. The Morgan fingerprint density at radius 2 is 2.18 bits per heavy atom. The lowest BCUT2D eigenvalue weighted by molar-refractivity contribution is -0.274. The van der Waals surface area contributed by atoms with Gasteiger partial charge >= 0.3 is 6.36 Å². The highest BCUT2D eigenvalue weighted by Crippen LogP contribution is 2.44. The Labute approximate surface area is 160 Å². The molecular weight excluding hydrogens is 371 g/mol. The fourth-order valence-electron chi connectivity index (χ4n) is 4.17. The lowest BCUT2D eigenvalue weighted by Gasteiger charge is -2.43. The molecule has 1 fully saturated rings. The number of benzene rings is 1. The van der Waals surface area contributed by atoms with Gasteiger partial charge in [-0.15, -0.1) is 13.2 Å². The van der Waals surface area contributed by atoms with E-state index in [0.717, 1.165) is 43.6 Å². The summed E-state index contributed by atoms with van der Waals surface area (Å²) >= 11 is 0. The molecule has 0 bridgehead atoms. The third-order valence-electron chi connectivity index (χ3n) is 5.91. The number of alkyl halides is 3. The van der Waals surface area contributed by atoms with Crippen LogP contribution in [0.2, 0.25) is 0 Å². The molecule has 4 rings (SSSR count). The molecule has 1 amide bonds. The molecule has 1 N–H and O–H groups in total. The third-order valence-corrected chi connectivity index (χ3v) is 5.91. The highest BCUT2D eigenvalue weighted by Gasteiger charge is 2.40. The molecule has 2 heterocycles. The highest BCUT2D eigenvalue weighted by molar-refractivity contribution is 5.79. The molecule has 0 spiro atoms. The quantitative estimate of drug-likeness (QED) is 0.845. The van der Waals surface area contributed by atoms with Gasteiger partial charge in [0.2, 0.25) is 5.91 Å². The number of nitrogens with zero attached hydrogens (tertiary/aromatic N) is 2. The van der Waals surface area contributed by atoms with E-state index in [4.69, 9.17) is 0 Å². The largest absolute Gasteiger partial charge is 0.573 e. The second-order valence-corrected chi connectivity index (χ2v) is 7.65. The van der Waals surface area contributed by atoms with Gasteiger partial charge in [0, 0.05) is 43.2 Å². The van der Waals surface area contributed by atoms with E-state index in [-0.39, 0.29) is 23.0 Å². The van der Waals surface area contributed by atoms with Gasteiger partial charge in [0.25, 0.3) is 0 Å². The highest BCUT2D eigenvalue weighted by atomic mass is 19.4.